The lowest BCUT2D eigenvalue weighted by atomic mass is 10.2. The van der Waals surface area contributed by atoms with Crippen LogP contribution >= 0.6 is 11.8 Å². The zero-order valence-corrected chi connectivity index (χ0v) is 11.7. The first-order chi connectivity index (χ1) is 9.15. The number of carbonyl (C=O) groups is 1. The lowest BCUT2D eigenvalue weighted by Crippen LogP contribution is -3.00. The summed E-state index contributed by atoms with van der Waals surface area (Å²) in [4.78, 5) is 16.1. The Bertz CT molecular complexity index is 552. The summed E-state index contributed by atoms with van der Waals surface area (Å²) in [6, 6.07) is 9.55. The summed E-state index contributed by atoms with van der Waals surface area (Å²) in [5.74, 6) is -2.74. The van der Waals surface area contributed by atoms with E-state index in [9.17, 15) is 13.6 Å². The Morgan fingerprint density at radius 1 is 1.20 bits per heavy atom. The number of hydrogen-bond acceptors (Lipinski definition) is 3. The molecule has 0 radical (unpaired) electrons. The minimum absolute atomic E-state index is 0. The van der Waals surface area contributed by atoms with Crippen LogP contribution in [0.15, 0.2) is 53.7 Å². The number of rotatable bonds is 4. The van der Waals surface area contributed by atoms with Crippen molar-refractivity contribution in [2.45, 2.75) is 10.7 Å². The average molecular weight is 316 g/mol. The van der Waals surface area contributed by atoms with Gasteiger partial charge in [0.05, 0.1) is 5.56 Å². The molecule has 106 valence electrons. The fourth-order valence-corrected chi connectivity index (χ4v) is 1.92. The van der Waals surface area contributed by atoms with Crippen LogP contribution in [0.25, 0.3) is 0 Å². The molecular formula is C13H10ClF2N2OS-. The predicted octanol–water partition coefficient (Wildman–Crippen LogP) is 0.653. The molecule has 0 aliphatic heterocycles. The number of hydrogen-bond donors (Lipinski definition) is 1. The zero-order chi connectivity index (χ0) is 13.7. The van der Waals surface area contributed by atoms with Gasteiger partial charge in [0.2, 0.25) is 0 Å². The number of amides is 1. The molecule has 3 nitrogen and oxygen atoms in total. The first kappa shape index (κ1) is 16.4. The molecule has 1 amide bonds. The van der Waals surface area contributed by atoms with Crippen LogP contribution in [0.3, 0.4) is 0 Å². The Morgan fingerprint density at radius 3 is 2.45 bits per heavy atom. The third-order valence-electron chi connectivity index (χ3n) is 2.26. The van der Waals surface area contributed by atoms with Crippen LogP contribution in [0.4, 0.5) is 14.5 Å². The number of nitrogens with zero attached hydrogens (tertiary/aromatic N) is 1. The fourth-order valence-electron chi connectivity index (χ4n) is 1.42. The van der Waals surface area contributed by atoms with Crippen LogP contribution in [0.1, 0.15) is 10.4 Å². The zero-order valence-electron chi connectivity index (χ0n) is 10.1. The molecule has 1 heterocycles. The molecule has 0 atom stereocenters. The lowest BCUT2D eigenvalue weighted by molar-refractivity contribution is -0.0000136. The summed E-state index contributed by atoms with van der Waals surface area (Å²) in [7, 11) is 0. The number of carbonyl (C=O) groups excluding carboxylic acids is 1. The predicted molar refractivity (Wildman–Crippen MR) is 70.5 cm³/mol. The number of thioether (sulfide) groups is 1. The Balaban J connectivity index is 0.00000200. The van der Waals surface area contributed by atoms with Crippen molar-refractivity contribution < 1.29 is 26.0 Å². The fraction of sp³-hybridized carbons (Fsp3) is 0.0769. The molecule has 0 spiro atoms. The summed E-state index contributed by atoms with van der Waals surface area (Å²) in [6.45, 7) is 0. The molecule has 0 saturated heterocycles. The Labute approximate surface area is 125 Å². The van der Waals surface area contributed by atoms with E-state index in [1.54, 1.807) is 30.5 Å². The van der Waals surface area contributed by atoms with E-state index in [1.165, 1.54) is 18.3 Å². The summed E-state index contributed by atoms with van der Waals surface area (Å²) >= 11 is 0.466. The van der Waals surface area contributed by atoms with E-state index in [2.05, 4.69) is 10.3 Å². The summed E-state index contributed by atoms with van der Waals surface area (Å²) in [5, 5.41) is 2.66. The molecule has 0 aliphatic rings. The van der Waals surface area contributed by atoms with Gasteiger partial charge in [-0.2, -0.15) is 8.78 Å². The highest BCUT2D eigenvalue weighted by Crippen LogP contribution is 2.26. The smallest absolute Gasteiger partial charge is 0.288 e. The van der Waals surface area contributed by atoms with Gasteiger partial charge in [0.15, 0.2) is 0 Å². The first-order valence-electron chi connectivity index (χ1n) is 5.41. The van der Waals surface area contributed by atoms with Crippen LogP contribution in [-0.2, 0) is 0 Å². The molecule has 7 heteroatoms. The van der Waals surface area contributed by atoms with Gasteiger partial charge in [0.25, 0.3) is 11.7 Å². The Morgan fingerprint density at radius 2 is 1.90 bits per heavy atom. The van der Waals surface area contributed by atoms with Gasteiger partial charge in [0.1, 0.15) is 0 Å². The van der Waals surface area contributed by atoms with Gasteiger partial charge < -0.3 is 17.7 Å². The number of halogens is 3. The molecule has 0 saturated carbocycles. The SMILES string of the molecule is O=C(Nc1ccc(SC(F)F)cc1)c1cccnc1.[Cl-]. The number of anilines is 1. The highest BCUT2D eigenvalue weighted by atomic mass is 35.5. The molecule has 0 unspecified atom stereocenters. The highest BCUT2D eigenvalue weighted by Gasteiger charge is 2.07. The minimum Gasteiger partial charge on any atom is -1.00 e. The summed E-state index contributed by atoms with van der Waals surface area (Å²) in [5.41, 5.74) is 0.987. The molecule has 1 N–H and O–H groups in total. The van der Waals surface area contributed by atoms with Crippen molar-refractivity contribution in [2.75, 3.05) is 5.32 Å². The van der Waals surface area contributed by atoms with Gasteiger partial charge in [0, 0.05) is 23.0 Å². The quantitative estimate of drug-likeness (QED) is 0.843. The molecule has 0 aliphatic carbocycles. The van der Waals surface area contributed by atoms with E-state index in [0.29, 0.717) is 27.9 Å². The topological polar surface area (TPSA) is 42.0 Å². The van der Waals surface area contributed by atoms with E-state index >= 15 is 0 Å². The van der Waals surface area contributed by atoms with Gasteiger partial charge in [-0.15, -0.1) is 0 Å². The molecule has 1 aromatic carbocycles. The van der Waals surface area contributed by atoms with Crippen LogP contribution in [0.2, 0.25) is 0 Å². The van der Waals surface area contributed by atoms with Crippen LogP contribution in [0.5, 0.6) is 0 Å². The number of benzene rings is 1. The second kappa shape index (κ2) is 7.81. The largest absolute Gasteiger partial charge is 1.00 e. The molecule has 0 bridgehead atoms. The Hall–Kier alpha value is -1.66. The van der Waals surface area contributed by atoms with Crippen molar-refractivity contribution in [3.05, 3.63) is 54.4 Å². The van der Waals surface area contributed by atoms with Gasteiger partial charge in [-0.3, -0.25) is 9.78 Å². The normalized spacial score (nSPS) is 9.95. The number of alkyl halides is 2. The molecule has 2 aromatic rings. The van der Waals surface area contributed by atoms with E-state index in [-0.39, 0.29) is 18.3 Å². The maximum Gasteiger partial charge on any atom is 0.288 e. The van der Waals surface area contributed by atoms with Crippen LogP contribution < -0.4 is 17.7 Å². The second-order valence-corrected chi connectivity index (χ2v) is 4.66. The average Bonchev–Trinajstić information content (AvgIpc) is 2.41. The van der Waals surface area contributed by atoms with Crippen LogP contribution in [-0.4, -0.2) is 16.6 Å². The van der Waals surface area contributed by atoms with Crippen LogP contribution in [0, 0.1) is 0 Å². The molecule has 20 heavy (non-hydrogen) atoms. The Kier molecular flexibility index (Phi) is 6.41. The number of aromatic nitrogens is 1. The first-order valence-corrected chi connectivity index (χ1v) is 6.29. The van der Waals surface area contributed by atoms with Gasteiger partial charge in [-0.1, -0.05) is 11.8 Å². The van der Waals surface area contributed by atoms with Crippen molar-refractivity contribution in [3.8, 4) is 0 Å². The molecule has 2 rings (SSSR count). The van der Waals surface area contributed by atoms with Gasteiger partial charge in [-0.25, -0.2) is 0 Å². The number of nitrogens with one attached hydrogen (secondary N) is 1. The summed E-state index contributed by atoms with van der Waals surface area (Å²) < 4.78 is 24.3. The maximum absolute atomic E-state index is 12.1. The lowest BCUT2D eigenvalue weighted by Gasteiger charge is -2.06. The third kappa shape index (κ3) is 4.79. The molecular weight excluding hydrogens is 306 g/mol. The van der Waals surface area contributed by atoms with Crippen molar-refractivity contribution in [2.24, 2.45) is 0 Å². The van der Waals surface area contributed by atoms with E-state index in [1.807, 2.05) is 0 Å². The standard InChI is InChI=1S/C13H10F2N2OS.ClH/c14-13(15)19-11-5-3-10(4-6-11)17-12(18)9-2-1-7-16-8-9;/h1-8,13H,(H,17,18);1H/p-1. The van der Waals surface area contributed by atoms with E-state index in [4.69, 9.17) is 0 Å². The monoisotopic (exact) mass is 315 g/mol. The van der Waals surface area contributed by atoms with Crippen molar-refractivity contribution >= 4 is 23.4 Å². The number of pyridine rings is 1. The van der Waals surface area contributed by atoms with E-state index < -0.39 is 5.76 Å². The van der Waals surface area contributed by atoms with Crippen molar-refractivity contribution in [1.29, 1.82) is 0 Å². The molecule has 0 fully saturated rings. The minimum atomic E-state index is -2.45. The molecule has 1 aromatic heterocycles. The second-order valence-electron chi connectivity index (χ2n) is 3.60. The maximum atomic E-state index is 12.1. The third-order valence-corrected chi connectivity index (χ3v) is 2.98. The summed E-state index contributed by atoms with van der Waals surface area (Å²) in [6.07, 6.45) is 3.03. The van der Waals surface area contributed by atoms with Crippen molar-refractivity contribution in [3.63, 3.8) is 0 Å². The van der Waals surface area contributed by atoms with Gasteiger partial charge >= 0.3 is 0 Å². The van der Waals surface area contributed by atoms with E-state index in [0.717, 1.165) is 0 Å². The van der Waals surface area contributed by atoms with Gasteiger partial charge in [-0.05, 0) is 36.4 Å². The highest BCUT2D eigenvalue weighted by molar-refractivity contribution is 7.99. The van der Waals surface area contributed by atoms with Crippen molar-refractivity contribution in [1.82, 2.24) is 4.98 Å².